The minimum atomic E-state index is -0.924. The molecule has 0 radical (unpaired) electrons. The summed E-state index contributed by atoms with van der Waals surface area (Å²) in [5.74, 6) is -1.82. The highest BCUT2D eigenvalue weighted by Gasteiger charge is 2.11. The molecule has 0 aliphatic rings. The third-order valence-corrected chi connectivity index (χ3v) is 4.46. The van der Waals surface area contributed by atoms with Gasteiger partial charge in [0.25, 0.3) is 0 Å². The zero-order valence-electron chi connectivity index (χ0n) is 10.0. The van der Waals surface area contributed by atoms with Crippen LogP contribution in [0.1, 0.15) is 11.8 Å². The molecule has 19 heavy (non-hydrogen) atoms. The van der Waals surface area contributed by atoms with Gasteiger partial charge in [0.2, 0.25) is 0 Å². The second kappa shape index (κ2) is 4.54. The zero-order chi connectivity index (χ0) is 13.6. The number of nitrogens with one attached hydrogen (secondary N) is 2. The van der Waals surface area contributed by atoms with Gasteiger partial charge in [0.15, 0.2) is 11.6 Å². The van der Waals surface area contributed by atoms with E-state index in [1.807, 2.05) is 6.07 Å². The predicted octanol–water partition coefficient (Wildman–Crippen LogP) is 4.84. The Labute approximate surface area is 116 Å². The molecule has 0 spiro atoms. The summed E-state index contributed by atoms with van der Waals surface area (Å²) in [6.07, 6.45) is 1.89. The van der Waals surface area contributed by atoms with Crippen LogP contribution < -0.4 is 0 Å². The van der Waals surface area contributed by atoms with E-state index in [1.165, 1.54) is 17.6 Å². The number of hydrogen-bond acceptors (Lipinski definition) is 2. The molecular formula is C13H10F2N2S2. The maximum atomic E-state index is 13.5. The minimum Gasteiger partial charge on any atom is -0.357 e. The van der Waals surface area contributed by atoms with E-state index in [1.54, 1.807) is 0 Å². The molecule has 2 nitrogen and oxygen atoms in total. The van der Waals surface area contributed by atoms with Crippen molar-refractivity contribution in [3.05, 3.63) is 39.4 Å². The van der Waals surface area contributed by atoms with Gasteiger partial charge in [-0.2, -0.15) is 0 Å². The predicted molar refractivity (Wildman–Crippen MR) is 77.0 cm³/mol. The highest BCUT2D eigenvalue weighted by molar-refractivity contribution is 7.72. The quantitative estimate of drug-likeness (QED) is 0.618. The number of rotatable bonds is 1. The lowest BCUT2D eigenvalue weighted by Crippen LogP contribution is -1.79. The molecule has 6 heteroatoms. The van der Waals surface area contributed by atoms with Gasteiger partial charge >= 0.3 is 0 Å². The molecule has 0 aliphatic carbocycles. The van der Waals surface area contributed by atoms with Crippen LogP contribution in [0.3, 0.4) is 0 Å². The SMILES string of the molecule is CCc1cc2c(=S)c3[nH]cc(F)c(F)cc3c2[nH]s1. The molecule has 0 atom stereocenters. The molecule has 98 valence electrons. The Bertz CT molecular complexity index is 858. The lowest BCUT2D eigenvalue weighted by molar-refractivity contribution is 0.509. The van der Waals surface area contributed by atoms with Gasteiger partial charge in [-0.25, -0.2) is 8.78 Å². The fraction of sp³-hybridized carbons (Fsp3) is 0.154. The number of aromatic amines is 2. The van der Waals surface area contributed by atoms with Gasteiger partial charge in [0, 0.05) is 21.8 Å². The van der Waals surface area contributed by atoms with Gasteiger partial charge in [-0.05, 0) is 18.6 Å². The highest BCUT2D eigenvalue weighted by atomic mass is 32.1. The van der Waals surface area contributed by atoms with Crippen LogP contribution in [0, 0.1) is 16.1 Å². The van der Waals surface area contributed by atoms with E-state index in [0.717, 1.165) is 28.4 Å². The molecule has 1 aromatic carbocycles. The summed E-state index contributed by atoms with van der Waals surface area (Å²) >= 11 is 6.85. The molecule has 0 fully saturated rings. The summed E-state index contributed by atoms with van der Waals surface area (Å²) in [6, 6.07) is 3.18. The van der Waals surface area contributed by atoms with E-state index in [-0.39, 0.29) is 0 Å². The molecule has 0 amide bonds. The van der Waals surface area contributed by atoms with Gasteiger partial charge < -0.3 is 9.36 Å². The van der Waals surface area contributed by atoms with E-state index in [4.69, 9.17) is 12.2 Å². The molecule has 0 saturated heterocycles. The normalized spacial score (nSPS) is 11.3. The Morgan fingerprint density at radius 1 is 1.16 bits per heavy atom. The number of aromatic nitrogens is 2. The average Bonchev–Trinajstić information content (AvgIpc) is 2.58. The summed E-state index contributed by atoms with van der Waals surface area (Å²) < 4.78 is 30.5. The van der Waals surface area contributed by atoms with Crippen molar-refractivity contribution in [2.45, 2.75) is 13.3 Å². The van der Waals surface area contributed by atoms with Gasteiger partial charge in [-0.15, -0.1) is 0 Å². The lowest BCUT2D eigenvalue weighted by atomic mass is 10.3. The van der Waals surface area contributed by atoms with Crippen LogP contribution >= 0.6 is 23.8 Å². The van der Waals surface area contributed by atoms with Crippen LogP contribution in [-0.4, -0.2) is 9.36 Å². The van der Waals surface area contributed by atoms with Crippen LogP contribution in [0.2, 0.25) is 0 Å². The number of H-pyrrole nitrogens is 2. The van der Waals surface area contributed by atoms with E-state index < -0.39 is 11.6 Å². The Balaban J connectivity index is 2.55. The monoisotopic (exact) mass is 296 g/mol. The van der Waals surface area contributed by atoms with Crippen molar-refractivity contribution in [3.8, 4) is 0 Å². The Morgan fingerprint density at radius 2 is 1.95 bits per heavy atom. The van der Waals surface area contributed by atoms with E-state index >= 15 is 0 Å². The molecule has 2 N–H and O–H groups in total. The first-order valence-corrected chi connectivity index (χ1v) is 7.01. The number of hydrogen-bond donors (Lipinski definition) is 2. The van der Waals surface area contributed by atoms with Gasteiger partial charge in [-0.1, -0.05) is 30.7 Å². The maximum absolute atomic E-state index is 13.5. The molecule has 0 aliphatic heterocycles. The van der Waals surface area contributed by atoms with Gasteiger partial charge in [-0.3, -0.25) is 0 Å². The highest BCUT2D eigenvalue weighted by Crippen LogP contribution is 2.30. The van der Waals surface area contributed by atoms with Crippen molar-refractivity contribution < 1.29 is 8.78 Å². The van der Waals surface area contributed by atoms with Crippen LogP contribution in [0.15, 0.2) is 18.3 Å². The lowest BCUT2D eigenvalue weighted by Gasteiger charge is -1.96. The summed E-state index contributed by atoms with van der Waals surface area (Å²) in [7, 11) is 0. The van der Waals surface area contributed by atoms with Crippen LogP contribution in [0.5, 0.6) is 0 Å². The Hall–Kier alpha value is -1.53. The zero-order valence-corrected chi connectivity index (χ0v) is 11.6. The van der Waals surface area contributed by atoms with Crippen LogP contribution in [0.25, 0.3) is 21.8 Å². The summed E-state index contributed by atoms with van der Waals surface area (Å²) in [6.45, 7) is 2.05. The summed E-state index contributed by atoms with van der Waals surface area (Å²) in [5.41, 5.74) is 1.32. The van der Waals surface area contributed by atoms with E-state index in [9.17, 15) is 8.78 Å². The molecule has 2 aromatic heterocycles. The van der Waals surface area contributed by atoms with Crippen LogP contribution in [0.4, 0.5) is 8.78 Å². The maximum Gasteiger partial charge on any atom is 0.174 e. The van der Waals surface area contributed by atoms with Gasteiger partial charge in [0.05, 0.1) is 15.5 Å². The topological polar surface area (TPSA) is 31.6 Å². The van der Waals surface area contributed by atoms with Crippen molar-refractivity contribution in [2.75, 3.05) is 0 Å². The Kier molecular flexibility index (Phi) is 2.99. The third-order valence-electron chi connectivity index (χ3n) is 3.06. The Morgan fingerprint density at radius 3 is 2.68 bits per heavy atom. The smallest absolute Gasteiger partial charge is 0.174 e. The van der Waals surface area contributed by atoms with E-state index in [2.05, 4.69) is 16.3 Å². The largest absolute Gasteiger partial charge is 0.357 e. The van der Waals surface area contributed by atoms with Crippen LogP contribution in [-0.2, 0) is 6.42 Å². The van der Waals surface area contributed by atoms with Crippen molar-refractivity contribution in [1.82, 2.24) is 9.36 Å². The first-order chi connectivity index (χ1) is 9.11. The molecule has 3 rings (SSSR count). The second-order valence-corrected chi connectivity index (χ2v) is 5.54. The molecule has 0 saturated carbocycles. The fourth-order valence-electron chi connectivity index (χ4n) is 2.06. The number of halogens is 2. The third kappa shape index (κ3) is 1.91. The van der Waals surface area contributed by atoms with E-state index in [0.29, 0.717) is 15.4 Å². The fourth-order valence-corrected chi connectivity index (χ4v) is 3.16. The number of aryl methyl sites for hydroxylation is 1. The number of fused-ring (bicyclic) bond motifs is 3. The van der Waals surface area contributed by atoms with Crippen molar-refractivity contribution in [3.63, 3.8) is 0 Å². The van der Waals surface area contributed by atoms with Crippen molar-refractivity contribution in [2.24, 2.45) is 0 Å². The van der Waals surface area contributed by atoms with Crippen molar-refractivity contribution in [1.29, 1.82) is 0 Å². The standard InChI is InChI=1S/C13H10F2N2S2/c1-2-6-3-8-11(17-19-6)7-4-9(14)10(15)5-16-12(7)13(8)18/h3-5,16-17H,2H2,1H3. The minimum absolute atomic E-state index is 0.570. The first-order valence-electron chi connectivity index (χ1n) is 5.78. The summed E-state index contributed by atoms with van der Waals surface area (Å²) in [4.78, 5) is 3.91. The molecule has 2 heterocycles. The molecular weight excluding hydrogens is 286 g/mol. The molecule has 0 bridgehead atoms. The molecule has 3 aromatic rings. The molecule has 0 unspecified atom stereocenters. The first kappa shape index (κ1) is 12.5. The average molecular weight is 296 g/mol. The second-order valence-electron chi connectivity index (χ2n) is 4.20. The van der Waals surface area contributed by atoms with Gasteiger partial charge in [0.1, 0.15) is 0 Å². The van der Waals surface area contributed by atoms with Crippen molar-refractivity contribution >= 4 is 45.6 Å². The summed E-state index contributed by atoms with van der Waals surface area (Å²) in [5, 5.41) is 1.43.